The Morgan fingerprint density at radius 2 is 1.79 bits per heavy atom. The van der Waals surface area contributed by atoms with E-state index in [0.29, 0.717) is 6.61 Å². The second-order valence-electron chi connectivity index (χ2n) is 4.93. The molecule has 1 N–H and O–H groups in total. The molecule has 0 fully saturated rings. The normalized spacial score (nSPS) is 11.4. The third-order valence-corrected chi connectivity index (χ3v) is 2.92. The van der Waals surface area contributed by atoms with Crippen molar-refractivity contribution in [3.05, 3.63) is 35.4 Å². The fraction of sp³-hybridized carbons (Fsp3) is 0.533. The number of aryl methyl sites for hydroxylation is 1. The molecular weight excluding hydrogens is 244 g/mol. The predicted molar refractivity (Wildman–Crippen MR) is 72.7 cm³/mol. The molecule has 0 amide bonds. The number of carbonyl (C=O) groups is 1. The van der Waals surface area contributed by atoms with Gasteiger partial charge in [-0.2, -0.15) is 0 Å². The molecule has 0 spiro atoms. The molecule has 1 rings (SSSR count). The molecule has 0 aromatic heterocycles. The summed E-state index contributed by atoms with van der Waals surface area (Å²) < 4.78 is 10.3. The molecule has 0 saturated heterocycles. The number of benzene rings is 1. The molecule has 0 aliphatic carbocycles. The Morgan fingerprint density at radius 1 is 1.21 bits per heavy atom. The molecule has 0 radical (unpaired) electrons. The van der Waals surface area contributed by atoms with Crippen molar-refractivity contribution in [1.82, 2.24) is 0 Å². The summed E-state index contributed by atoms with van der Waals surface area (Å²) in [4.78, 5) is 11.5. The topological polar surface area (TPSA) is 55.8 Å². The van der Waals surface area contributed by atoms with Crippen LogP contribution in [0.25, 0.3) is 0 Å². The Balaban J connectivity index is 2.52. The van der Waals surface area contributed by atoms with Gasteiger partial charge >= 0.3 is 5.97 Å². The summed E-state index contributed by atoms with van der Waals surface area (Å²) >= 11 is 0. The first-order valence-corrected chi connectivity index (χ1v) is 6.40. The van der Waals surface area contributed by atoms with Crippen molar-refractivity contribution in [3.63, 3.8) is 0 Å². The van der Waals surface area contributed by atoms with E-state index >= 15 is 0 Å². The molecule has 0 bridgehead atoms. The van der Waals surface area contributed by atoms with E-state index in [-0.39, 0.29) is 12.6 Å². The molecule has 4 heteroatoms. The number of aliphatic hydroxyl groups excluding tert-OH is 1. The van der Waals surface area contributed by atoms with E-state index in [0.717, 1.165) is 18.4 Å². The largest absolute Gasteiger partial charge is 0.467 e. The summed E-state index contributed by atoms with van der Waals surface area (Å²) in [6, 6.07) is 7.97. The number of ether oxygens (including phenoxy) is 2. The lowest BCUT2D eigenvalue weighted by atomic mass is 10.1. The van der Waals surface area contributed by atoms with Gasteiger partial charge in [0.1, 0.15) is 0 Å². The number of aliphatic hydroxyl groups is 1. The monoisotopic (exact) mass is 266 g/mol. The molecular formula is C15H22O4. The molecule has 19 heavy (non-hydrogen) atoms. The Morgan fingerprint density at radius 3 is 2.32 bits per heavy atom. The predicted octanol–water partition coefficient (Wildman–Crippen LogP) is 2.08. The number of hydrogen-bond acceptors (Lipinski definition) is 4. The van der Waals surface area contributed by atoms with E-state index in [9.17, 15) is 4.79 Å². The average molecular weight is 266 g/mol. The van der Waals surface area contributed by atoms with E-state index in [1.54, 1.807) is 13.8 Å². The van der Waals surface area contributed by atoms with Gasteiger partial charge in [-0.15, -0.1) is 0 Å². The Kier molecular flexibility index (Phi) is 5.99. The van der Waals surface area contributed by atoms with Crippen LogP contribution in [0.1, 0.15) is 31.4 Å². The second kappa shape index (κ2) is 7.26. The van der Waals surface area contributed by atoms with Gasteiger partial charge in [0.25, 0.3) is 0 Å². The van der Waals surface area contributed by atoms with Crippen molar-refractivity contribution in [2.45, 2.75) is 38.9 Å². The van der Waals surface area contributed by atoms with Gasteiger partial charge in [-0.1, -0.05) is 24.3 Å². The van der Waals surface area contributed by atoms with Crippen LogP contribution in [0.3, 0.4) is 0 Å². The Hall–Kier alpha value is -1.39. The fourth-order valence-corrected chi connectivity index (χ4v) is 1.65. The van der Waals surface area contributed by atoms with Gasteiger partial charge in [0.05, 0.1) is 13.7 Å². The second-order valence-corrected chi connectivity index (χ2v) is 4.93. The van der Waals surface area contributed by atoms with Gasteiger partial charge in [0.15, 0.2) is 5.60 Å². The van der Waals surface area contributed by atoms with Gasteiger partial charge in [-0.3, -0.25) is 0 Å². The van der Waals surface area contributed by atoms with Crippen molar-refractivity contribution < 1.29 is 19.4 Å². The van der Waals surface area contributed by atoms with E-state index in [4.69, 9.17) is 9.84 Å². The summed E-state index contributed by atoms with van der Waals surface area (Å²) in [6.07, 6.45) is 1.64. The fourth-order valence-electron chi connectivity index (χ4n) is 1.65. The quantitative estimate of drug-likeness (QED) is 0.768. The highest BCUT2D eigenvalue weighted by Gasteiger charge is 2.29. The third-order valence-electron chi connectivity index (χ3n) is 2.92. The summed E-state index contributed by atoms with van der Waals surface area (Å²) in [5.74, 6) is -0.382. The van der Waals surface area contributed by atoms with Crippen molar-refractivity contribution in [2.24, 2.45) is 0 Å². The first-order chi connectivity index (χ1) is 8.99. The molecule has 0 heterocycles. The minimum Gasteiger partial charge on any atom is -0.467 e. The molecule has 4 nitrogen and oxygen atoms in total. The molecule has 0 aliphatic heterocycles. The smallest absolute Gasteiger partial charge is 0.337 e. The molecule has 0 saturated carbocycles. The Labute approximate surface area is 114 Å². The van der Waals surface area contributed by atoms with Crippen LogP contribution in [0, 0.1) is 0 Å². The van der Waals surface area contributed by atoms with Crippen LogP contribution in [-0.4, -0.2) is 30.4 Å². The lowest BCUT2D eigenvalue weighted by molar-refractivity contribution is -0.166. The SMILES string of the molecule is COC(=O)C(C)(C)OCc1ccc(CCCO)cc1. The zero-order chi connectivity index (χ0) is 14.3. The zero-order valence-electron chi connectivity index (χ0n) is 11.8. The van der Waals surface area contributed by atoms with Crippen molar-refractivity contribution in [3.8, 4) is 0 Å². The molecule has 106 valence electrons. The van der Waals surface area contributed by atoms with E-state index < -0.39 is 5.60 Å². The lowest BCUT2D eigenvalue weighted by Gasteiger charge is -2.22. The highest BCUT2D eigenvalue weighted by Crippen LogP contribution is 2.15. The standard InChI is InChI=1S/C15H22O4/c1-15(2,14(17)18-3)19-11-13-8-6-12(7-9-13)5-4-10-16/h6-9,16H,4-5,10-11H2,1-3H3. The minimum atomic E-state index is -0.940. The number of methoxy groups -OCH3 is 1. The zero-order valence-corrected chi connectivity index (χ0v) is 11.8. The van der Waals surface area contributed by atoms with Crippen molar-refractivity contribution in [1.29, 1.82) is 0 Å². The summed E-state index contributed by atoms with van der Waals surface area (Å²) in [7, 11) is 1.35. The van der Waals surface area contributed by atoms with Crippen LogP contribution in [0.5, 0.6) is 0 Å². The van der Waals surface area contributed by atoms with E-state index in [1.165, 1.54) is 12.7 Å². The first-order valence-electron chi connectivity index (χ1n) is 6.40. The van der Waals surface area contributed by atoms with Gasteiger partial charge < -0.3 is 14.6 Å². The Bertz CT molecular complexity index is 395. The molecule has 1 aromatic rings. The van der Waals surface area contributed by atoms with E-state index in [1.807, 2.05) is 24.3 Å². The molecule has 0 unspecified atom stereocenters. The van der Waals surface area contributed by atoms with Crippen LogP contribution in [0.2, 0.25) is 0 Å². The summed E-state index contributed by atoms with van der Waals surface area (Å²) in [6.45, 7) is 3.95. The van der Waals surface area contributed by atoms with Gasteiger partial charge in [-0.25, -0.2) is 4.79 Å². The highest BCUT2D eigenvalue weighted by atomic mass is 16.6. The van der Waals surface area contributed by atoms with Crippen LogP contribution < -0.4 is 0 Å². The van der Waals surface area contributed by atoms with Crippen molar-refractivity contribution >= 4 is 5.97 Å². The summed E-state index contributed by atoms with van der Waals surface area (Å²) in [5.41, 5.74) is 1.25. The maximum absolute atomic E-state index is 11.5. The summed E-state index contributed by atoms with van der Waals surface area (Å²) in [5, 5.41) is 8.77. The average Bonchev–Trinajstić information content (AvgIpc) is 2.43. The lowest BCUT2D eigenvalue weighted by Crippen LogP contribution is -2.35. The maximum Gasteiger partial charge on any atom is 0.337 e. The first kappa shape index (κ1) is 15.7. The van der Waals surface area contributed by atoms with Crippen LogP contribution in [0.4, 0.5) is 0 Å². The molecule has 1 aromatic carbocycles. The van der Waals surface area contributed by atoms with Gasteiger partial charge in [0.2, 0.25) is 0 Å². The van der Waals surface area contributed by atoms with Crippen molar-refractivity contribution in [2.75, 3.05) is 13.7 Å². The number of rotatable bonds is 7. The maximum atomic E-state index is 11.5. The third kappa shape index (κ3) is 5.01. The highest BCUT2D eigenvalue weighted by molar-refractivity contribution is 5.78. The van der Waals surface area contributed by atoms with Crippen LogP contribution >= 0.6 is 0 Å². The number of carbonyl (C=O) groups excluding carboxylic acids is 1. The van der Waals surface area contributed by atoms with Gasteiger partial charge in [-0.05, 0) is 37.8 Å². The van der Waals surface area contributed by atoms with Crippen LogP contribution in [0.15, 0.2) is 24.3 Å². The molecule has 0 aliphatic rings. The number of esters is 1. The minimum absolute atomic E-state index is 0.207. The van der Waals surface area contributed by atoms with E-state index in [2.05, 4.69) is 4.74 Å². The van der Waals surface area contributed by atoms with Crippen LogP contribution in [-0.2, 0) is 27.3 Å². The molecule has 0 atom stereocenters. The van der Waals surface area contributed by atoms with Gasteiger partial charge in [0, 0.05) is 6.61 Å². The number of hydrogen-bond donors (Lipinski definition) is 1.